The molecule has 1 aromatic heterocycles. The van der Waals surface area contributed by atoms with E-state index in [1.807, 2.05) is 18.7 Å². The molecule has 0 aromatic carbocycles. The molecule has 5 nitrogen and oxygen atoms in total. The topological polar surface area (TPSA) is 74.7 Å². The molecule has 1 heterocycles. The zero-order valence-electron chi connectivity index (χ0n) is 10.3. The van der Waals surface area contributed by atoms with Gasteiger partial charge in [-0.25, -0.2) is 4.98 Å². The Morgan fingerprint density at radius 3 is 2.89 bits per heavy atom. The maximum Gasteiger partial charge on any atom is 0.147 e. The zero-order chi connectivity index (χ0) is 13.7. The van der Waals surface area contributed by atoms with E-state index in [-0.39, 0.29) is 11.8 Å². The van der Waals surface area contributed by atoms with E-state index in [1.165, 1.54) is 0 Å². The molecule has 0 fully saturated rings. The number of hydrogen-bond donors (Lipinski definition) is 2. The van der Waals surface area contributed by atoms with Gasteiger partial charge in [-0.15, -0.1) is 0 Å². The summed E-state index contributed by atoms with van der Waals surface area (Å²) in [5.74, 6) is 0.804. The Labute approximate surface area is 120 Å². The van der Waals surface area contributed by atoms with Gasteiger partial charge in [0.25, 0.3) is 0 Å². The van der Waals surface area contributed by atoms with Crippen molar-refractivity contribution in [2.75, 3.05) is 18.0 Å². The summed E-state index contributed by atoms with van der Waals surface area (Å²) in [6, 6.07) is 1.79. The molecule has 1 unspecified atom stereocenters. The highest BCUT2D eigenvalue weighted by Gasteiger charge is 2.16. The lowest BCUT2D eigenvalue weighted by molar-refractivity contribution is 0.314. The van der Waals surface area contributed by atoms with Crippen LogP contribution in [0, 0.1) is 5.92 Å². The van der Waals surface area contributed by atoms with Crippen LogP contribution in [0.15, 0.2) is 21.9 Å². The van der Waals surface area contributed by atoms with Gasteiger partial charge in [0.05, 0.1) is 5.02 Å². The number of amidine groups is 1. The van der Waals surface area contributed by atoms with Crippen LogP contribution in [0.3, 0.4) is 0 Å². The van der Waals surface area contributed by atoms with Crippen LogP contribution < -0.4 is 10.6 Å². The van der Waals surface area contributed by atoms with Crippen molar-refractivity contribution in [1.82, 2.24) is 4.98 Å². The number of aromatic nitrogens is 1. The Bertz CT molecular complexity index is 441. The van der Waals surface area contributed by atoms with E-state index in [4.69, 9.17) is 22.5 Å². The lowest BCUT2D eigenvalue weighted by atomic mass is 10.1. The average molecular weight is 336 g/mol. The summed E-state index contributed by atoms with van der Waals surface area (Å²) in [6.07, 6.45) is 1.69. The van der Waals surface area contributed by atoms with Crippen molar-refractivity contribution in [2.45, 2.75) is 13.8 Å². The molecular weight excluding hydrogens is 320 g/mol. The normalized spacial score (nSPS) is 13.4. The van der Waals surface area contributed by atoms with Crippen LogP contribution in [0.25, 0.3) is 0 Å². The van der Waals surface area contributed by atoms with Gasteiger partial charge < -0.3 is 15.8 Å². The predicted octanol–water partition coefficient (Wildman–Crippen LogP) is 2.71. The molecule has 0 aliphatic carbocycles. The summed E-state index contributed by atoms with van der Waals surface area (Å²) >= 11 is 9.47. The molecule has 0 aliphatic rings. The largest absolute Gasteiger partial charge is 0.409 e. The van der Waals surface area contributed by atoms with Crippen LogP contribution in [0.2, 0.25) is 5.02 Å². The molecule has 1 atom stereocenters. The van der Waals surface area contributed by atoms with Crippen LogP contribution >= 0.6 is 27.5 Å². The Morgan fingerprint density at radius 1 is 1.72 bits per heavy atom. The van der Waals surface area contributed by atoms with Gasteiger partial charge in [-0.05, 0) is 28.9 Å². The number of nitrogens with two attached hydrogens (primary N) is 1. The van der Waals surface area contributed by atoms with E-state index >= 15 is 0 Å². The summed E-state index contributed by atoms with van der Waals surface area (Å²) in [4.78, 5) is 6.27. The van der Waals surface area contributed by atoms with Crippen molar-refractivity contribution in [3.63, 3.8) is 0 Å². The summed E-state index contributed by atoms with van der Waals surface area (Å²) in [5, 5.41) is 12.2. The van der Waals surface area contributed by atoms with Gasteiger partial charge >= 0.3 is 0 Å². The van der Waals surface area contributed by atoms with Crippen molar-refractivity contribution in [1.29, 1.82) is 0 Å². The van der Waals surface area contributed by atoms with E-state index in [0.717, 1.165) is 11.0 Å². The minimum absolute atomic E-state index is 0.0866. The lowest BCUT2D eigenvalue weighted by Crippen LogP contribution is -2.35. The number of nitrogens with zero attached hydrogens (tertiary/aromatic N) is 3. The Hall–Kier alpha value is -1.01. The fraction of sp³-hybridized carbons (Fsp3) is 0.455. The van der Waals surface area contributed by atoms with Gasteiger partial charge in [0.1, 0.15) is 11.7 Å². The minimum Gasteiger partial charge on any atom is -0.409 e. The first-order valence-electron chi connectivity index (χ1n) is 5.53. The van der Waals surface area contributed by atoms with E-state index < -0.39 is 0 Å². The molecule has 0 bridgehead atoms. The number of halogens is 2. The van der Waals surface area contributed by atoms with Crippen LogP contribution in [-0.2, 0) is 0 Å². The molecular formula is C11H16BrClN4O. The molecule has 0 radical (unpaired) electrons. The molecule has 0 saturated carbocycles. The quantitative estimate of drug-likeness (QED) is 0.375. The summed E-state index contributed by atoms with van der Waals surface area (Å²) in [7, 11) is 0. The standard InChI is InChI=1S/C11H16BrClN4O/c1-3-17(6-7(2)10(14)16-18)11-9(13)4-8(12)5-15-11/h4-5,7,18H,3,6H2,1-2H3,(H2,14,16). The van der Waals surface area contributed by atoms with Crippen LogP contribution in [0.1, 0.15) is 13.8 Å². The van der Waals surface area contributed by atoms with E-state index in [0.29, 0.717) is 17.4 Å². The van der Waals surface area contributed by atoms with Gasteiger partial charge in [-0.3, -0.25) is 0 Å². The number of anilines is 1. The molecule has 0 spiro atoms. The third-order valence-corrected chi connectivity index (χ3v) is 3.30. The van der Waals surface area contributed by atoms with Gasteiger partial charge in [0, 0.05) is 29.7 Å². The molecule has 0 saturated heterocycles. The number of oxime groups is 1. The highest BCUT2D eigenvalue weighted by Crippen LogP contribution is 2.26. The van der Waals surface area contributed by atoms with Crippen molar-refractivity contribution in [3.05, 3.63) is 21.8 Å². The molecule has 7 heteroatoms. The SMILES string of the molecule is CCN(CC(C)C(N)=NO)c1ncc(Br)cc1Cl. The zero-order valence-corrected chi connectivity index (χ0v) is 12.6. The number of pyridine rings is 1. The maximum absolute atomic E-state index is 8.65. The third-order valence-electron chi connectivity index (χ3n) is 2.58. The van der Waals surface area contributed by atoms with E-state index in [1.54, 1.807) is 12.3 Å². The smallest absolute Gasteiger partial charge is 0.147 e. The first kappa shape index (κ1) is 15.0. The first-order chi connectivity index (χ1) is 8.49. The predicted molar refractivity (Wildman–Crippen MR) is 77.4 cm³/mol. The molecule has 100 valence electrons. The highest BCUT2D eigenvalue weighted by atomic mass is 79.9. The molecule has 18 heavy (non-hydrogen) atoms. The second-order valence-electron chi connectivity index (χ2n) is 3.92. The fourth-order valence-corrected chi connectivity index (χ4v) is 2.28. The molecule has 1 rings (SSSR count). The molecule has 1 aromatic rings. The highest BCUT2D eigenvalue weighted by molar-refractivity contribution is 9.10. The van der Waals surface area contributed by atoms with Crippen LogP contribution in [0.5, 0.6) is 0 Å². The summed E-state index contributed by atoms with van der Waals surface area (Å²) < 4.78 is 0.830. The van der Waals surface area contributed by atoms with Crippen molar-refractivity contribution in [3.8, 4) is 0 Å². The van der Waals surface area contributed by atoms with Crippen molar-refractivity contribution >= 4 is 39.2 Å². The Kier molecular flexibility index (Phi) is 5.68. The monoisotopic (exact) mass is 334 g/mol. The van der Waals surface area contributed by atoms with E-state index in [9.17, 15) is 0 Å². The summed E-state index contributed by atoms with van der Waals surface area (Å²) in [6.45, 7) is 5.20. The second-order valence-corrected chi connectivity index (χ2v) is 5.25. The van der Waals surface area contributed by atoms with Gasteiger partial charge in [0.15, 0.2) is 0 Å². The minimum atomic E-state index is -0.0866. The third kappa shape index (κ3) is 3.74. The fourth-order valence-electron chi connectivity index (χ4n) is 1.53. The van der Waals surface area contributed by atoms with Crippen LogP contribution in [-0.4, -0.2) is 29.1 Å². The summed E-state index contributed by atoms with van der Waals surface area (Å²) in [5.41, 5.74) is 5.57. The number of rotatable bonds is 5. The van der Waals surface area contributed by atoms with E-state index in [2.05, 4.69) is 26.1 Å². The maximum atomic E-state index is 8.65. The van der Waals surface area contributed by atoms with Crippen molar-refractivity contribution in [2.24, 2.45) is 16.8 Å². The first-order valence-corrected chi connectivity index (χ1v) is 6.70. The number of hydrogen-bond acceptors (Lipinski definition) is 4. The van der Waals surface area contributed by atoms with Crippen LogP contribution in [0.4, 0.5) is 5.82 Å². The molecule has 0 aliphatic heterocycles. The molecule has 0 amide bonds. The average Bonchev–Trinajstić information content (AvgIpc) is 2.35. The second kappa shape index (κ2) is 6.80. The van der Waals surface area contributed by atoms with Gasteiger partial charge in [-0.1, -0.05) is 23.7 Å². The molecule has 3 N–H and O–H groups in total. The van der Waals surface area contributed by atoms with Gasteiger partial charge in [0.2, 0.25) is 0 Å². The van der Waals surface area contributed by atoms with Gasteiger partial charge in [-0.2, -0.15) is 0 Å². The van der Waals surface area contributed by atoms with Crippen molar-refractivity contribution < 1.29 is 5.21 Å². The Balaban J connectivity index is 2.89. The lowest BCUT2D eigenvalue weighted by Gasteiger charge is -2.25. The Morgan fingerprint density at radius 2 is 2.39 bits per heavy atom.